The predicted octanol–water partition coefficient (Wildman–Crippen LogP) is 2.93. The largest absolute Gasteiger partial charge is 0.357 e. The third-order valence-electron chi connectivity index (χ3n) is 4.63. The lowest BCUT2D eigenvalue weighted by molar-refractivity contribution is 0.267. The van der Waals surface area contributed by atoms with E-state index in [9.17, 15) is 0 Å². The highest BCUT2D eigenvalue weighted by molar-refractivity contribution is 14.0. The molecule has 2 aliphatic heterocycles. The summed E-state index contributed by atoms with van der Waals surface area (Å²) in [5, 5.41) is 6.95. The number of likely N-dealkylation sites (N-methyl/N-ethyl adjacent to an activating group) is 1. The van der Waals surface area contributed by atoms with Crippen molar-refractivity contribution in [2.24, 2.45) is 4.99 Å². The molecular weight excluding hydrogens is 407 g/mol. The lowest BCUT2D eigenvalue weighted by atomic mass is 10.1. The lowest BCUT2D eigenvalue weighted by Gasteiger charge is -2.25. The minimum Gasteiger partial charge on any atom is -0.357 e. The topological polar surface area (TPSA) is 39.7 Å². The predicted molar refractivity (Wildman–Crippen MR) is 110 cm³/mol. The number of hydrogen-bond acceptors (Lipinski definition) is 3. The Balaban J connectivity index is 0.00000242. The second-order valence-corrected chi connectivity index (χ2v) is 8.09. The fourth-order valence-corrected chi connectivity index (χ4v) is 4.53. The molecule has 2 atom stereocenters. The van der Waals surface area contributed by atoms with Gasteiger partial charge in [0.05, 0.1) is 6.54 Å². The summed E-state index contributed by atoms with van der Waals surface area (Å²) in [5.41, 5.74) is 0. The molecule has 0 aromatic rings. The minimum atomic E-state index is 0. The molecule has 2 N–H and O–H groups in total. The van der Waals surface area contributed by atoms with Gasteiger partial charge in [0.25, 0.3) is 0 Å². The van der Waals surface area contributed by atoms with Crippen molar-refractivity contribution < 1.29 is 0 Å². The third-order valence-corrected chi connectivity index (χ3v) is 6.15. The van der Waals surface area contributed by atoms with E-state index in [1.807, 2.05) is 0 Å². The van der Waals surface area contributed by atoms with Gasteiger partial charge in [-0.15, -0.1) is 24.0 Å². The van der Waals surface area contributed by atoms with Crippen molar-refractivity contribution >= 4 is 41.7 Å². The second kappa shape index (κ2) is 10.2. The zero-order chi connectivity index (χ0) is 15.1. The summed E-state index contributed by atoms with van der Waals surface area (Å²) in [4.78, 5) is 7.41. The number of hydrogen-bond donors (Lipinski definition) is 2. The molecular formula is C16H33IN4S. The molecule has 0 radical (unpaired) electrons. The molecule has 2 saturated heterocycles. The number of thioether (sulfide) groups is 1. The highest BCUT2D eigenvalue weighted by Crippen LogP contribution is 2.37. The maximum absolute atomic E-state index is 4.83. The van der Waals surface area contributed by atoms with Crippen LogP contribution in [0.2, 0.25) is 0 Å². The zero-order valence-electron chi connectivity index (χ0n) is 14.4. The van der Waals surface area contributed by atoms with Crippen LogP contribution in [0.5, 0.6) is 0 Å². The van der Waals surface area contributed by atoms with Crippen LogP contribution in [0.3, 0.4) is 0 Å². The van der Waals surface area contributed by atoms with E-state index in [0.717, 1.165) is 32.1 Å². The number of likely N-dealkylation sites (tertiary alicyclic amines) is 1. The Morgan fingerprint density at radius 3 is 2.77 bits per heavy atom. The van der Waals surface area contributed by atoms with Crippen LogP contribution in [0.15, 0.2) is 4.99 Å². The van der Waals surface area contributed by atoms with Crippen molar-refractivity contribution in [1.82, 2.24) is 15.5 Å². The summed E-state index contributed by atoms with van der Waals surface area (Å²) in [7, 11) is 0. The lowest BCUT2D eigenvalue weighted by Crippen LogP contribution is -2.45. The first-order valence-electron chi connectivity index (χ1n) is 8.57. The van der Waals surface area contributed by atoms with Gasteiger partial charge >= 0.3 is 0 Å². The fraction of sp³-hybridized carbons (Fsp3) is 0.938. The van der Waals surface area contributed by atoms with Crippen molar-refractivity contribution in [2.45, 2.75) is 57.2 Å². The SMILES string of the molecule is CCNC(=NCC1(C)CCCS1)NCC1CCCN1CC.I. The second-order valence-electron chi connectivity index (χ2n) is 6.40. The van der Waals surface area contributed by atoms with Crippen molar-refractivity contribution in [3.63, 3.8) is 0 Å². The first-order valence-corrected chi connectivity index (χ1v) is 9.55. The van der Waals surface area contributed by atoms with Gasteiger partial charge in [0, 0.05) is 23.9 Å². The first-order chi connectivity index (χ1) is 10.2. The van der Waals surface area contributed by atoms with E-state index in [0.29, 0.717) is 10.8 Å². The van der Waals surface area contributed by atoms with Gasteiger partial charge in [0.15, 0.2) is 5.96 Å². The molecule has 2 aliphatic rings. The van der Waals surface area contributed by atoms with E-state index < -0.39 is 0 Å². The van der Waals surface area contributed by atoms with Gasteiger partial charge in [0.1, 0.15) is 0 Å². The maximum atomic E-state index is 4.83. The standard InChI is InChI=1S/C16H32N4S.HI/c1-4-17-15(19-13-16(3)9-7-11-21-16)18-12-14-8-6-10-20(14)5-2;/h14H,4-13H2,1-3H3,(H2,17,18,19);1H. The van der Waals surface area contributed by atoms with Gasteiger partial charge in [-0.2, -0.15) is 11.8 Å². The van der Waals surface area contributed by atoms with Gasteiger partial charge < -0.3 is 10.6 Å². The number of aliphatic imine (C=N–C) groups is 1. The van der Waals surface area contributed by atoms with Gasteiger partial charge in [-0.25, -0.2) is 0 Å². The highest BCUT2D eigenvalue weighted by atomic mass is 127. The summed E-state index contributed by atoms with van der Waals surface area (Å²) in [5.74, 6) is 2.29. The summed E-state index contributed by atoms with van der Waals surface area (Å²) in [6.45, 7) is 12.0. The van der Waals surface area contributed by atoms with Gasteiger partial charge in [-0.3, -0.25) is 9.89 Å². The first kappa shape index (κ1) is 20.4. The Labute approximate surface area is 157 Å². The van der Waals surface area contributed by atoms with Gasteiger partial charge in [0.2, 0.25) is 0 Å². The molecule has 0 aliphatic carbocycles. The minimum absolute atomic E-state index is 0. The Morgan fingerprint density at radius 1 is 1.32 bits per heavy atom. The number of nitrogens with zero attached hydrogens (tertiary/aromatic N) is 2. The average Bonchev–Trinajstić information content (AvgIpc) is 3.11. The molecule has 0 aromatic carbocycles. The van der Waals surface area contributed by atoms with E-state index in [2.05, 4.69) is 48.1 Å². The summed E-state index contributed by atoms with van der Waals surface area (Å²) in [6.07, 6.45) is 5.29. The molecule has 0 spiro atoms. The fourth-order valence-electron chi connectivity index (χ4n) is 3.31. The monoisotopic (exact) mass is 440 g/mol. The van der Waals surface area contributed by atoms with Crippen LogP contribution in [0.25, 0.3) is 0 Å². The smallest absolute Gasteiger partial charge is 0.191 e. The van der Waals surface area contributed by atoms with Crippen molar-refractivity contribution in [3.8, 4) is 0 Å². The Kier molecular flexibility index (Phi) is 9.47. The molecule has 0 saturated carbocycles. The summed E-state index contributed by atoms with van der Waals surface area (Å²) >= 11 is 2.08. The van der Waals surface area contributed by atoms with Crippen LogP contribution in [-0.4, -0.2) is 60.1 Å². The molecule has 2 unspecified atom stereocenters. The van der Waals surface area contributed by atoms with Gasteiger partial charge in [-0.05, 0) is 58.4 Å². The molecule has 130 valence electrons. The highest BCUT2D eigenvalue weighted by Gasteiger charge is 2.29. The van der Waals surface area contributed by atoms with E-state index in [1.165, 1.54) is 38.0 Å². The number of rotatable bonds is 6. The molecule has 0 bridgehead atoms. The number of nitrogens with one attached hydrogen (secondary N) is 2. The Bertz CT molecular complexity index is 345. The molecule has 2 fully saturated rings. The van der Waals surface area contributed by atoms with Crippen LogP contribution >= 0.6 is 35.7 Å². The van der Waals surface area contributed by atoms with Crippen LogP contribution in [-0.2, 0) is 0 Å². The molecule has 0 aromatic heterocycles. The normalized spacial score (nSPS) is 29.4. The van der Waals surface area contributed by atoms with Crippen molar-refractivity contribution in [1.29, 1.82) is 0 Å². The summed E-state index contributed by atoms with van der Waals surface area (Å²) < 4.78 is 0.352. The molecule has 22 heavy (non-hydrogen) atoms. The summed E-state index contributed by atoms with van der Waals surface area (Å²) in [6, 6.07) is 0.676. The number of halogens is 1. The van der Waals surface area contributed by atoms with Crippen LogP contribution in [0, 0.1) is 0 Å². The van der Waals surface area contributed by atoms with E-state index in [4.69, 9.17) is 4.99 Å². The molecule has 2 heterocycles. The van der Waals surface area contributed by atoms with E-state index >= 15 is 0 Å². The molecule has 4 nitrogen and oxygen atoms in total. The Hall–Kier alpha value is 0.310. The molecule has 2 rings (SSSR count). The quantitative estimate of drug-likeness (QED) is 0.379. The van der Waals surface area contributed by atoms with Crippen LogP contribution in [0.4, 0.5) is 0 Å². The molecule has 0 amide bonds. The van der Waals surface area contributed by atoms with Crippen molar-refractivity contribution in [2.75, 3.05) is 38.5 Å². The molecule has 6 heteroatoms. The number of guanidine groups is 1. The van der Waals surface area contributed by atoms with Crippen molar-refractivity contribution in [3.05, 3.63) is 0 Å². The third kappa shape index (κ3) is 6.07. The van der Waals surface area contributed by atoms with Crippen LogP contribution in [0.1, 0.15) is 46.5 Å². The maximum Gasteiger partial charge on any atom is 0.191 e. The van der Waals surface area contributed by atoms with Gasteiger partial charge in [-0.1, -0.05) is 6.92 Å². The zero-order valence-corrected chi connectivity index (χ0v) is 17.5. The Morgan fingerprint density at radius 2 is 2.14 bits per heavy atom. The van der Waals surface area contributed by atoms with E-state index in [-0.39, 0.29) is 24.0 Å². The average molecular weight is 440 g/mol. The van der Waals surface area contributed by atoms with Crippen LogP contribution < -0.4 is 10.6 Å². The van der Waals surface area contributed by atoms with E-state index in [1.54, 1.807) is 0 Å².